The van der Waals surface area contributed by atoms with Crippen molar-refractivity contribution in [3.05, 3.63) is 112 Å². The molecule has 7 nitrogen and oxygen atoms in total. The summed E-state index contributed by atoms with van der Waals surface area (Å²) in [7, 11) is 3.36. The highest BCUT2D eigenvalue weighted by atomic mass is 35.5. The minimum absolute atomic E-state index is 0.0776. The molecule has 0 aliphatic carbocycles. The molecule has 0 bridgehead atoms. The van der Waals surface area contributed by atoms with E-state index < -0.39 is 0 Å². The van der Waals surface area contributed by atoms with E-state index in [4.69, 9.17) is 16.7 Å². The van der Waals surface area contributed by atoms with Crippen LogP contribution in [0.2, 0.25) is 5.02 Å². The standard InChI is InChI=1S/C28H24ClN5O2/c1-32(26(35)16-25-23-10-6-7-11-24(23)28(36)33(2)30-25)17-20-18-34(22-8-4-3-5-9-22)31-27(20)19-12-14-21(29)15-13-19/h3-15,18H,16-17H2,1-2H3. The van der Waals surface area contributed by atoms with E-state index in [0.717, 1.165) is 22.5 Å². The van der Waals surface area contributed by atoms with Crippen LogP contribution in [0.4, 0.5) is 0 Å². The molecule has 0 saturated heterocycles. The second-order valence-electron chi connectivity index (χ2n) is 8.64. The molecular formula is C28H24ClN5O2. The van der Waals surface area contributed by atoms with E-state index in [1.54, 1.807) is 25.1 Å². The Bertz CT molecular complexity index is 1610. The molecule has 0 fully saturated rings. The molecule has 5 aromatic rings. The lowest BCUT2D eigenvalue weighted by molar-refractivity contribution is -0.129. The summed E-state index contributed by atoms with van der Waals surface area (Å²) in [6.45, 7) is 0.354. The summed E-state index contributed by atoms with van der Waals surface area (Å²) < 4.78 is 3.10. The maximum absolute atomic E-state index is 13.3. The van der Waals surface area contributed by atoms with E-state index in [1.807, 2.05) is 83.7 Å². The minimum Gasteiger partial charge on any atom is -0.341 e. The Labute approximate surface area is 213 Å². The van der Waals surface area contributed by atoms with Crippen LogP contribution < -0.4 is 5.56 Å². The number of para-hydroxylation sites is 1. The lowest BCUT2D eigenvalue weighted by Crippen LogP contribution is -2.29. The Morgan fingerprint density at radius 2 is 1.58 bits per heavy atom. The zero-order valence-electron chi connectivity index (χ0n) is 19.9. The van der Waals surface area contributed by atoms with Gasteiger partial charge in [-0.25, -0.2) is 9.36 Å². The van der Waals surface area contributed by atoms with Crippen molar-refractivity contribution in [2.24, 2.45) is 7.05 Å². The maximum atomic E-state index is 13.3. The molecule has 1 amide bonds. The molecule has 5 rings (SSSR count). The molecule has 3 aromatic carbocycles. The van der Waals surface area contributed by atoms with E-state index in [0.29, 0.717) is 28.0 Å². The third kappa shape index (κ3) is 4.65. The maximum Gasteiger partial charge on any atom is 0.274 e. The van der Waals surface area contributed by atoms with Gasteiger partial charge in [0.05, 0.1) is 28.9 Å². The molecule has 2 heterocycles. The number of amides is 1. The molecule has 0 radical (unpaired) electrons. The zero-order chi connectivity index (χ0) is 25.2. The number of hydrogen-bond acceptors (Lipinski definition) is 4. The number of aromatic nitrogens is 4. The molecule has 0 atom stereocenters. The van der Waals surface area contributed by atoms with Crippen LogP contribution in [0.5, 0.6) is 0 Å². The summed E-state index contributed by atoms with van der Waals surface area (Å²) in [6, 6.07) is 24.6. The molecule has 0 N–H and O–H groups in total. The van der Waals surface area contributed by atoms with Crippen molar-refractivity contribution in [2.45, 2.75) is 13.0 Å². The number of nitrogens with zero attached hydrogens (tertiary/aromatic N) is 5. The van der Waals surface area contributed by atoms with E-state index in [2.05, 4.69) is 5.10 Å². The average Bonchev–Trinajstić information content (AvgIpc) is 3.31. The van der Waals surface area contributed by atoms with Crippen LogP contribution in [0.3, 0.4) is 0 Å². The summed E-state index contributed by atoms with van der Waals surface area (Å²) in [5.41, 5.74) is 3.90. The first-order valence-electron chi connectivity index (χ1n) is 11.5. The minimum atomic E-state index is -0.184. The molecule has 0 spiro atoms. The highest BCUT2D eigenvalue weighted by Crippen LogP contribution is 2.26. The molecule has 0 unspecified atom stereocenters. The molecular weight excluding hydrogens is 474 g/mol. The van der Waals surface area contributed by atoms with Gasteiger partial charge in [0.25, 0.3) is 5.56 Å². The van der Waals surface area contributed by atoms with Crippen LogP contribution in [0, 0.1) is 0 Å². The molecule has 36 heavy (non-hydrogen) atoms. The number of likely N-dealkylation sites (N-methyl/N-ethyl adjacent to an activating group) is 1. The average molecular weight is 498 g/mol. The normalized spacial score (nSPS) is 11.1. The summed E-state index contributed by atoms with van der Waals surface area (Å²) in [5.74, 6) is -0.110. The van der Waals surface area contributed by atoms with Crippen LogP contribution in [0.25, 0.3) is 27.7 Å². The third-order valence-electron chi connectivity index (χ3n) is 6.11. The largest absolute Gasteiger partial charge is 0.341 e. The van der Waals surface area contributed by atoms with Gasteiger partial charge in [-0.1, -0.05) is 60.1 Å². The van der Waals surface area contributed by atoms with E-state index in [1.165, 1.54) is 4.68 Å². The molecule has 0 aliphatic rings. The third-order valence-corrected chi connectivity index (χ3v) is 6.37. The predicted octanol–water partition coefficient (Wildman–Crippen LogP) is 4.64. The van der Waals surface area contributed by atoms with Crippen molar-refractivity contribution in [3.8, 4) is 16.9 Å². The van der Waals surface area contributed by atoms with Crippen LogP contribution in [-0.4, -0.2) is 37.4 Å². The van der Waals surface area contributed by atoms with Gasteiger partial charge in [0, 0.05) is 48.4 Å². The molecule has 0 aliphatic heterocycles. The number of aryl methyl sites for hydroxylation is 1. The highest BCUT2D eigenvalue weighted by molar-refractivity contribution is 6.30. The van der Waals surface area contributed by atoms with Gasteiger partial charge in [-0.2, -0.15) is 10.2 Å². The van der Waals surface area contributed by atoms with Crippen LogP contribution in [-0.2, 0) is 24.8 Å². The van der Waals surface area contributed by atoms with Crippen molar-refractivity contribution in [2.75, 3.05) is 7.05 Å². The van der Waals surface area contributed by atoms with Crippen LogP contribution >= 0.6 is 11.6 Å². The van der Waals surface area contributed by atoms with Gasteiger partial charge in [-0.3, -0.25) is 9.59 Å². The van der Waals surface area contributed by atoms with E-state index in [9.17, 15) is 9.59 Å². The number of hydrogen-bond donors (Lipinski definition) is 0. The Morgan fingerprint density at radius 3 is 2.31 bits per heavy atom. The molecule has 0 saturated carbocycles. The summed E-state index contributed by atoms with van der Waals surface area (Å²) in [6.07, 6.45) is 2.02. The fraction of sp³-hybridized carbons (Fsp3) is 0.143. The Morgan fingerprint density at radius 1 is 0.917 bits per heavy atom. The number of carbonyl (C=O) groups excluding carboxylic acids is 1. The molecule has 180 valence electrons. The Kier molecular flexibility index (Phi) is 6.40. The van der Waals surface area contributed by atoms with Gasteiger partial charge in [-0.05, 0) is 30.3 Å². The first-order chi connectivity index (χ1) is 17.4. The Hall–Kier alpha value is -4.23. The lowest BCUT2D eigenvalue weighted by Gasteiger charge is -2.18. The SMILES string of the molecule is CN(Cc1cn(-c2ccccc2)nc1-c1ccc(Cl)cc1)C(=O)Cc1nn(C)c(=O)c2ccccc12. The number of halogens is 1. The van der Waals surface area contributed by atoms with Gasteiger partial charge >= 0.3 is 0 Å². The fourth-order valence-corrected chi connectivity index (χ4v) is 4.34. The second-order valence-corrected chi connectivity index (χ2v) is 9.07. The highest BCUT2D eigenvalue weighted by Gasteiger charge is 2.19. The van der Waals surface area contributed by atoms with Crippen LogP contribution in [0.15, 0.2) is 89.9 Å². The smallest absolute Gasteiger partial charge is 0.274 e. The van der Waals surface area contributed by atoms with Gasteiger partial charge in [0.2, 0.25) is 5.91 Å². The van der Waals surface area contributed by atoms with Gasteiger partial charge in [0.1, 0.15) is 0 Å². The van der Waals surface area contributed by atoms with E-state index in [-0.39, 0.29) is 17.9 Å². The molecule has 8 heteroatoms. The zero-order valence-corrected chi connectivity index (χ0v) is 20.7. The summed E-state index contributed by atoms with van der Waals surface area (Å²) in [5, 5.41) is 11.1. The lowest BCUT2D eigenvalue weighted by atomic mass is 10.1. The van der Waals surface area contributed by atoms with Crippen molar-refractivity contribution in [3.63, 3.8) is 0 Å². The van der Waals surface area contributed by atoms with Crippen molar-refractivity contribution < 1.29 is 4.79 Å². The van der Waals surface area contributed by atoms with Crippen molar-refractivity contribution >= 4 is 28.3 Å². The first kappa shape index (κ1) is 23.5. The quantitative estimate of drug-likeness (QED) is 0.342. The van der Waals surface area contributed by atoms with Crippen molar-refractivity contribution in [1.82, 2.24) is 24.5 Å². The first-order valence-corrected chi connectivity index (χ1v) is 11.9. The fourth-order valence-electron chi connectivity index (χ4n) is 4.22. The topological polar surface area (TPSA) is 73.0 Å². The second kappa shape index (κ2) is 9.79. The predicted molar refractivity (Wildman–Crippen MR) is 141 cm³/mol. The number of fused-ring (bicyclic) bond motifs is 1. The van der Waals surface area contributed by atoms with Gasteiger partial charge in [0.15, 0.2) is 0 Å². The Balaban J connectivity index is 1.45. The molecule has 2 aromatic heterocycles. The number of benzene rings is 3. The number of rotatable bonds is 6. The summed E-state index contributed by atoms with van der Waals surface area (Å²) >= 11 is 6.10. The van der Waals surface area contributed by atoms with Crippen molar-refractivity contribution in [1.29, 1.82) is 0 Å². The number of carbonyl (C=O) groups is 1. The van der Waals surface area contributed by atoms with E-state index >= 15 is 0 Å². The van der Waals surface area contributed by atoms with Gasteiger partial charge in [-0.15, -0.1) is 0 Å². The van der Waals surface area contributed by atoms with Crippen LogP contribution in [0.1, 0.15) is 11.3 Å². The monoisotopic (exact) mass is 497 g/mol. The summed E-state index contributed by atoms with van der Waals surface area (Å²) in [4.78, 5) is 27.4. The van der Waals surface area contributed by atoms with Gasteiger partial charge < -0.3 is 4.90 Å².